The van der Waals surface area contributed by atoms with E-state index in [1.807, 2.05) is 6.07 Å². The van der Waals surface area contributed by atoms with E-state index in [1.54, 1.807) is 18.2 Å². The molecule has 6 nitrogen and oxygen atoms in total. The summed E-state index contributed by atoms with van der Waals surface area (Å²) in [5, 5.41) is 15.7. The largest absolute Gasteiger partial charge is 0.481 e. The van der Waals surface area contributed by atoms with Gasteiger partial charge in [-0.1, -0.05) is 35.5 Å². The molecule has 2 N–H and O–H groups in total. The number of nitrogens with zero attached hydrogens (tertiary/aromatic N) is 2. The topological polar surface area (TPSA) is 88.0 Å². The molecule has 0 amide bonds. The molecule has 1 aromatic carbocycles. The van der Waals surface area contributed by atoms with Crippen molar-refractivity contribution in [2.45, 2.75) is 11.7 Å². The molecule has 0 aliphatic rings. The van der Waals surface area contributed by atoms with Gasteiger partial charge in [0.1, 0.15) is 0 Å². The number of nitrogens with one attached hydrogen (secondary N) is 1. The Bertz CT molecular complexity index is 653. The summed E-state index contributed by atoms with van der Waals surface area (Å²) in [6, 6.07) is 7.10. The molecule has 2 aromatic rings. The summed E-state index contributed by atoms with van der Waals surface area (Å²) in [5.74, 6) is -1.12. The Hall–Kier alpha value is -1.73. The predicted molar refractivity (Wildman–Crippen MR) is 71.8 cm³/mol. The zero-order valence-electron chi connectivity index (χ0n) is 9.67. The van der Waals surface area contributed by atoms with Gasteiger partial charge in [0.05, 0.1) is 12.3 Å². The van der Waals surface area contributed by atoms with Crippen molar-refractivity contribution in [1.82, 2.24) is 14.8 Å². The molecule has 100 valence electrons. The molecule has 0 spiro atoms. The lowest BCUT2D eigenvalue weighted by Crippen LogP contribution is -2.18. The van der Waals surface area contributed by atoms with Crippen LogP contribution in [0.2, 0.25) is 5.02 Å². The van der Waals surface area contributed by atoms with Crippen molar-refractivity contribution in [3.8, 4) is 0 Å². The first-order valence-corrected chi connectivity index (χ1v) is 6.67. The molecule has 0 bridgehead atoms. The van der Waals surface area contributed by atoms with Crippen LogP contribution < -0.4 is 5.69 Å². The van der Waals surface area contributed by atoms with E-state index in [1.165, 1.54) is 4.57 Å². The maximum atomic E-state index is 11.6. The molecule has 19 heavy (non-hydrogen) atoms. The Morgan fingerprint density at radius 2 is 2.32 bits per heavy atom. The second-order valence-corrected chi connectivity index (χ2v) is 5.09. The van der Waals surface area contributed by atoms with Crippen LogP contribution in [0.15, 0.2) is 34.2 Å². The summed E-state index contributed by atoms with van der Waals surface area (Å²) in [4.78, 5) is 22.2. The number of benzene rings is 1. The fraction of sp³-hybridized carbons (Fsp3) is 0.182. The molecular formula is C11H10ClN3O3S. The molecule has 0 fully saturated rings. The molecule has 1 aromatic heterocycles. The third-order valence-electron chi connectivity index (χ3n) is 2.28. The summed E-state index contributed by atoms with van der Waals surface area (Å²) in [6.07, 6.45) is 0. The van der Waals surface area contributed by atoms with Crippen LogP contribution in [-0.4, -0.2) is 31.6 Å². The van der Waals surface area contributed by atoms with Gasteiger partial charge in [0.2, 0.25) is 0 Å². The van der Waals surface area contributed by atoms with Crippen molar-refractivity contribution in [3.05, 3.63) is 45.3 Å². The number of hydrogen-bond acceptors (Lipinski definition) is 4. The Morgan fingerprint density at radius 3 is 3.00 bits per heavy atom. The van der Waals surface area contributed by atoms with Crippen LogP contribution in [0.1, 0.15) is 5.56 Å². The molecule has 0 aliphatic heterocycles. The first-order valence-electron chi connectivity index (χ1n) is 5.30. The fourth-order valence-electron chi connectivity index (χ4n) is 1.50. The highest BCUT2D eigenvalue weighted by molar-refractivity contribution is 7.99. The lowest BCUT2D eigenvalue weighted by Gasteiger charge is -2.05. The molecule has 0 radical (unpaired) electrons. The lowest BCUT2D eigenvalue weighted by atomic mass is 10.2. The second-order valence-electron chi connectivity index (χ2n) is 3.71. The van der Waals surface area contributed by atoms with E-state index in [4.69, 9.17) is 16.7 Å². The number of hydrogen-bond donors (Lipinski definition) is 2. The number of aromatic amines is 1. The van der Waals surface area contributed by atoms with Crippen LogP contribution in [0.4, 0.5) is 0 Å². The van der Waals surface area contributed by atoms with Gasteiger partial charge < -0.3 is 5.11 Å². The van der Waals surface area contributed by atoms with Gasteiger partial charge in [-0.2, -0.15) is 0 Å². The van der Waals surface area contributed by atoms with Crippen molar-refractivity contribution < 1.29 is 9.90 Å². The summed E-state index contributed by atoms with van der Waals surface area (Å²) >= 11 is 6.86. The highest BCUT2D eigenvalue weighted by Gasteiger charge is 2.11. The maximum Gasteiger partial charge on any atom is 0.344 e. The number of thioether (sulfide) groups is 1. The molecule has 0 aliphatic carbocycles. The first-order chi connectivity index (χ1) is 9.06. The van der Waals surface area contributed by atoms with E-state index in [9.17, 15) is 9.59 Å². The van der Waals surface area contributed by atoms with E-state index < -0.39 is 5.97 Å². The van der Waals surface area contributed by atoms with Gasteiger partial charge in [-0.15, -0.1) is 5.10 Å². The third kappa shape index (κ3) is 3.62. The zero-order valence-corrected chi connectivity index (χ0v) is 11.2. The molecule has 8 heteroatoms. The van der Waals surface area contributed by atoms with Gasteiger partial charge >= 0.3 is 11.7 Å². The smallest absolute Gasteiger partial charge is 0.344 e. The Labute approximate surface area is 117 Å². The van der Waals surface area contributed by atoms with Crippen LogP contribution in [0.5, 0.6) is 0 Å². The van der Waals surface area contributed by atoms with Gasteiger partial charge in [0.25, 0.3) is 0 Å². The highest BCUT2D eigenvalue weighted by atomic mass is 35.5. The van der Waals surface area contributed by atoms with Crippen molar-refractivity contribution in [2.24, 2.45) is 0 Å². The molecular weight excluding hydrogens is 290 g/mol. The average molecular weight is 300 g/mol. The summed E-state index contributed by atoms with van der Waals surface area (Å²) in [6.45, 7) is 0.290. The van der Waals surface area contributed by atoms with E-state index >= 15 is 0 Å². The summed E-state index contributed by atoms with van der Waals surface area (Å²) in [7, 11) is 0. The molecule has 0 unspecified atom stereocenters. The van der Waals surface area contributed by atoms with Gasteiger partial charge in [-0.25, -0.2) is 9.89 Å². The minimum Gasteiger partial charge on any atom is -0.481 e. The minimum atomic E-state index is -0.963. The Kier molecular flexibility index (Phi) is 4.28. The predicted octanol–water partition coefficient (Wildman–Crippen LogP) is 1.45. The summed E-state index contributed by atoms with van der Waals surface area (Å²) in [5.41, 5.74) is 0.459. The maximum absolute atomic E-state index is 11.6. The number of rotatable bonds is 5. The zero-order chi connectivity index (χ0) is 13.8. The standard InChI is InChI=1S/C11H10ClN3O3S/c12-8-3-1-2-7(4-8)5-15-10(18)13-14-11(15)19-6-9(16)17/h1-4H,5-6H2,(H,13,18)(H,16,17). The SMILES string of the molecule is O=C(O)CSc1n[nH]c(=O)n1Cc1cccc(Cl)c1. The van der Waals surface area contributed by atoms with Crippen LogP contribution in [-0.2, 0) is 11.3 Å². The number of carboxylic acid groups (broad SMARTS) is 1. The van der Waals surface area contributed by atoms with E-state index in [0.29, 0.717) is 10.2 Å². The van der Waals surface area contributed by atoms with E-state index in [-0.39, 0.29) is 18.0 Å². The van der Waals surface area contributed by atoms with Gasteiger partial charge in [-0.3, -0.25) is 9.36 Å². The van der Waals surface area contributed by atoms with Crippen LogP contribution in [0.25, 0.3) is 0 Å². The van der Waals surface area contributed by atoms with Gasteiger partial charge in [-0.05, 0) is 17.7 Å². The monoisotopic (exact) mass is 299 g/mol. The molecule has 1 heterocycles. The van der Waals surface area contributed by atoms with E-state index in [2.05, 4.69) is 10.2 Å². The van der Waals surface area contributed by atoms with Crippen molar-refractivity contribution in [1.29, 1.82) is 0 Å². The van der Waals surface area contributed by atoms with Gasteiger partial charge in [0.15, 0.2) is 5.16 Å². The van der Waals surface area contributed by atoms with Gasteiger partial charge in [0, 0.05) is 5.02 Å². The first kappa shape index (κ1) is 13.7. The second kappa shape index (κ2) is 5.94. The van der Waals surface area contributed by atoms with E-state index in [0.717, 1.165) is 17.3 Å². The summed E-state index contributed by atoms with van der Waals surface area (Å²) < 4.78 is 1.37. The normalized spacial score (nSPS) is 10.6. The molecule has 2 rings (SSSR count). The van der Waals surface area contributed by atoms with Crippen LogP contribution >= 0.6 is 23.4 Å². The van der Waals surface area contributed by atoms with Crippen molar-refractivity contribution >= 4 is 29.3 Å². The number of aliphatic carboxylic acids is 1. The lowest BCUT2D eigenvalue weighted by molar-refractivity contribution is -0.133. The molecule has 0 saturated carbocycles. The third-order valence-corrected chi connectivity index (χ3v) is 3.47. The highest BCUT2D eigenvalue weighted by Crippen LogP contribution is 2.16. The molecule has 0 atom stereocenters. The Morgan fingerprint density at radius 1 is 1.53 bits per heavy atom. The fourth-order valence-corrected chi connectivity index (χ4v) is 2.38. The number of halogens is 1. The molecule has 0 saturated heterocycles. The number of H-pyrrole nitrogens is 1. The number of carbonyl (C=O) groups is 1. The number of carboxylic acids is 1. The van der Waals surface area contributed by atoms with Crippen molar-refractivity contribution in [2.75, 3.05) is 5.75 Å². The van der Waals surface area contributed by atoms with Crippen molar-refractivity contribution in [3.63, 3.8) is 0 Å². The Balaban J connectivity index is 2.22. The minimum absolute atomic E-state index is 0.153. The quantitative estimate of drug-likeness (QED) is 0.816. The number of aromatic nitrogens is 3. The van der Waals surface area contributed by atoms with Crippen LogP contribution in [0, 0.1) is 0 Å². The average Bonchev–Trinajstić information content (AvgIpc) is 2.68. The van der Waals surface area contributed by atoms with Crippen LogP contribution in [0.3, 0.4) is 0 Å².